The van der Waals surface area contributed by atoms with Crippen LogP contribution in [0.2, 0.25) is 5.02 Å². The van der Waals surface area contributed by atoms with E-state index in [0.29, 0.717) is 29.7 Å². The number of hydrogen-bond donors (Lipinski definition) is 1. The summed E-state index contributed by atoms with van der Waals surface area (Å²) in [5.41, 5.74) is 1.91. The van der Waals surface area contributed by atoms with Crippen LogP contribution in [0.4, 0.5) is 0 Å². The standard InChI is InChI=1S/C20H24ClN5O2S/c1-3-10-28-19-13-17(21)15(12-18(19)27-2)14-22-9-11-29-20-23-24-25-26(20)16-7-5-4-6-8-16/h4-8,12-13,22H,3,9-11,14H2,1-2H3. The molecule has 0 amide bonds. The molecule has 0 saturated carbocycles. The van der Waals surface area contributed by atoms with Crippen LogP contribution in [0.3, 0.4) is 0 Å². The molecule has 0 bridgehead atoms. The minimum absolute atomic E-state index is 0.629. The molecule has 29 heavy (non-hydrogen) atoms. The van der Waals surface area contributed by atoms with Crippen molar-refractivity contribution in [1.29, 1.82) is 0 Å². The molecule has 9 heteroatoms. The zero-order chi connectivity index (χ0) is 20.5. The Morgan fingerprint density at radius 3 is 2.76 bits per heavy atom. The first-order chi connectivity index (χ1) is 14.2. The quantitative estimate of drug-likeness (QED) is 0.362. The van der Waals surface area contributed by atoms with Gasteiger partial charge >= 0.3 is 0 Å². The van der Waals surface area contributed by atoms with E-state index in [9.17, 15) is 0 Å². The number of methoxy groups -OCH3 is 1. The molecule has 0 aliphatic rings. The molecule has 1 aromatic heterocycles. The first kappa shape index (κ1) is 21.4. The number of para-hydroxylation sites is 1. The van der Waals surface area contributed by atoms with Crippen LogP contribution in [0.25, 0.3) is 5.69 Å². The first-order valence-electron chi connectivity index (χ1n) is 9.39. The van der Waals surface area contributed by atoms with Crippen LogP contribution in [0.15, 0.2) is 47.6 Å². The topological polar surface area (TPSA) is 74.1 Å². The molecule has 3 aromatic rings. The van der Waals surface area contributed by atoms with Gasteiger partial charge in [0.25, 0.3) is 0 Å². The number of ether oxygens (including phenoxy) is 2. The van der Waals surface area contributed by atoms with Crippen molar-refractivity contribution in [3.8, 4) is 17.2 Å². The van der Waals surface area contributed by atoms with Crippen molar-refractivity contribution in [2.75, 3.05) is 26.0 Å². The Hall–Kier alpha value is -2.29. The second-order valence-corrected chi connectivity index (χ2v) is 7.65. The summed E-state index contributed by atoms with van der Waals surface area (Å²) in [5.74, 6) is 2.18. The van der Waals surface area contributed by atoms with Crippen molar-refractivity contribution in [1.82, 2.24) is 25.5 Å². The van der Waals surface area contributed by atoms with Gasteiger partial charge in [-0.3, -0.25) is 0 Å². The van der Waals surface area contributed by atoms with Crippen LogP contribution in [0.5, 0.6) is 11.5 Å². The van der Waals surface area contributed by atoms with Gasteiger partial charge in [0, 0.05) is 29.9 Å². The van der Waals surface area contributed by atoms with E-state index in [4.69, 9.17) is 21.1 Å². The Labute approximate surface area is 179 Å². The average Bonchev–Trinajstić information content (AvgIpc) is 3.22. The molecule has 1 heterocycles. The van der Waals surface area contributed by atoms with E-state index in [1.807, 2.05) is 42.5 Å². The van der Waals surface area contributed by atoms with Crippen molar-refractivity contribution < 1.29 is 9.47 Å². The van der Waals surface area contributed by atoms with Crippen LogP contribution in [-0.4, -0.2) is 46.2 Å². The summed E-state index contributed by atoms with van der Waals surface area (Å²) in [6.07, 6.45) is 0.926. The Morgan fingerprint density at radius 2 is 2.00 bits per heavy atom. The van der Waals surface area contributed by atoms with Crippen LogP contribution < -0.4 is 14.8 Å². The number of benzene rings is 2. The van der Waals surface area contributed by atoms with Crippen molar-refractivity contribution in [2.24, 2.45) is 0 Å². The predicted octanol–water partition coefficient (Wildman–Crippen LogP) is 4.00. The fraction of sp³-hybridized carbons (Fsp3) is 0.350. The van der Waals surface area contributed by atoms with Gasteiger partial charge in [-0.15, -0.1) is 5.10 Å². The Kier molecular flexibility index (Phi) is 8.15. The third kappa shape index (κ3) is 5.85. The maximum Gasteiger partial charge on any atom is 0.214 e. The summed E-state index contributed by atoms with van der Waals surface area (Å²) in [7, 11) is 1.63. The molecule has 0 fully saturated rings. The van der Waals surface area contributed by atoms with E-state index in [0.717, 1.165) is 35.1 Å². The molecule has 0 radical (unpaired) electrons. The number of tetrazole rings is 1. The van der Waals surface area contributed by atoms with Crippen LogP contribution in [-0.2, 0) is 6.54 Å². The van der Waals surface area contributed by atoms with Gasteiger partial charge in [-0.1, -0.05) is 48.5 Å². The molecular weight excluding hydrogens is 410 g/mol. The molecule has 154 valence electrons. The summed E-state index contributed by atoms with van der Waals surface area (Å²) in [4.78, 5) is 0. The van der Waals surface area contributed by atoms with Crippen molar-refractivity contribution >= 4 is 23.4 Å². The third-order valence-corrected chi connectivity index (χ3v) is 5.33. The molecule has 3 rings (SSSR count). The monoisotopic (exact) mass is 433 g/mol. The van der Waals surface area contributed by atoms with Crippen molar-refractivity contribution in [2.45, 2.75) is 25.0 Å². The van der Waals surface area contributed by atoms with Gasteiger partial charge in [0.2, 0.25) is 5.16 Å². The summed E-state index contributed by atoms with van der Waals surface area (Å²) < 4.78 is 12.9. The van der Waals surface area contributed by atoms with Gasteiger partial charge in [0.15, 0.2) is 11.5 Å². The number of thioether (sulfide) groups is 1. The lowest BCUT2D eigenvalue weighted by Crippen LogP contribution is -2.17. The predicted molar refractivity (Wildman–Crippen MR) is 115 cm³/mol. The highest BCUT2D eigenvalue weighted by Gasteiger charge is 2.11. The highest BCUT2D eigenvalue weighted by Crippen LogP contribution is 2.33. The second kappa shape index (κ2) is 11.0. The Balaban J connectivity index is 1.51. The lowest BCUT2D eigenvalue weighted by molar-refractivity contribution is 0.294. The molecule has 0 aliphatic heterocycles. The van der Waals surface area contributed by atoms with Gasteiger partial charge in [0.1, 0.15) is 0 Å². The van der Waals surface area contributed by atoms with Crippen LogP contribution in [0, 0.1) is 0 Å². The molecule has 0 aliphatic carbocycles. The number of nitrogens with one attached hydrogen (secondary N) is 1. The summed E-state index contributed by atoms with van der Waals surface area (Å²) >= 11 is 8.00. The second-order valence-electron chi connectivity index (χ2n) is 6.18. The molecule has 1 N–H and O–H groups in total. The lowest BCUT2D eigenvalue weighted by Gasteiger charge is -2.14. The van der Waals surface area contributed by atoms with E-state index in [2.05, 4.69) is 27.8 Å². The Morgan fingerprint density at radius 1 is 1.17 bits per heavy atom. The van der Waals surface area contributed by atoms with Crippen LogP contribution >= 0.6 is 23.4 Å². The minimum Gasteiger partial charge on any atom is -0.493 e. The average molecular weight is 434 g/mol. The van der Waals surface area contributed by atoms with E-state index in [1.54, 1.807) is 23.6 Å². The Bertz CT molecular complexity index is 907. The summed E-state index contributed by atoms with van der Waals surface area (Å²) in [5, 5.41) is 16.8. The maximum absolute atomic E-state index is 6.41. The number of aromatic nitrogens is 4. The largest absolute Gasteiger partial charge is 0.493 e. The number of hydrogen-bond acceptors (Lipinski definition) is 7. The lowest BCUT2D eigenvalue weighted by atomic mass is 10.2. The number of nitrogens with zero attached hydrogens (tertiary/aromatic N) is 4. The van der Waals surface area contributed by atoms with Gasteiger partial charge in [-0.05, 0) is 40.6 Å². The minimum atomic E-state index is 0.629. The molecule has 0 saturated heterocycles. The molecule has 2 aromatic carbocycles. The fourth-order valence-corrected chi connectivity index (χ4v) is 3.64. The SMILES string of the molecule is CCCOc1cc(Cl)c(CNCCSc2nnnn2-c2ccccc2)cc1OC. The first-order valence-corrected chi connectivity index (χ1v) is 10.8. The summed E-state index contributed by atoms with van der Waals surface area (Å²) in [6.45, 7) is 4.10. The highest BCUT2D eigenvalue weighted by molar-refractivity contribution is 7.99. The molecule has 7 nitrogen and oxygen atoms in total. The van der Waals surface area contributed by atoms with E-state index < -0.39 is 0 Å². The van der Waals surface area contributed by atoms with E-state index in [-0.39, 0.29) is 0 Å². The van der Waals surface area contributed by atoms with Gasteiger partial charge in [0.05, 0.1) is 19.4 Å². The van der Waals surface area contributed by atoms with E-state index in [1.165, 1.54) is 0 Å². The molecule has 0 unspecified atom stereocenters. The van der Waals surface area contributed by atoms with Gasteiger partial charge < -0.3 is 14.8 Å². The third-order valence-electron chi connectivity index (χ3n) is 4.06. The zero-order valence-electron chi connectivity index (χ0n) is 16.5. The number of halogens is 1. The van der Waals surface area contributed by atoms with Gasteiger partial charge in [-0.25, -0.2) is 0 Å². The van der Waals surface area contributed by atoms with Crippen molar-refractivity contribution in [3.63, 3.8) is 0 Å². The number of rotatable bonds is 11. The normalized spacial score (nSPS) is 10.9. The molecular formula is C20H24ClN5O2S. The van der Waals surface area contributed by atoms with E-state index >= 15 is 0 Å². The fourth-order valence-electron chi connectivity index (χ4n) is 2.63. The van der Waals surface area contributed by atoms with Crippen molar-refractivity contribution in [3.05, 3.63) is 53.1 Å². The molecule has 0 atom stereocenters. The summed E-state index contributed by atoms with van der Waals surface area (Å²) in [6, 6.07) is 13.6. The van der Waals surface area contributed by atoms with Crippen LogP contribution in [0.1, 0.15) is 18.9 Å². The van der Waals surface area contributed by atoms with Gasteiger partial charge in [-0.2, -0.15) is 4.68 Å². The molecule has 0 spiro atoms. The smallest absolute Gasteiger partial charge is 0.214 e. The maximum atomic E-state index is 6.41. The zero-order valence-corrected chi connectivity index (χ0v) is 18.0. The highest BCUT2D eigenvalue weighted by atomic mass is 35.5.